The van der Waals surface area contributed by atoms with Crippen LogP contribution in [0.15, 0.2) is 66.4 Å². The Morgan fingerprint density at radius 2 is 1.20 bits per heavy atom. The highest BCUT2D eigenvalue weighted by Gasteiger charge is 2.45. The molecule has 0 bridgehead atoms. The minimum Gasteiger partial charge on any atom is -0.451 e. The van der Waals surface area contributed by atoms with Crippen LogP contribution in [0, 0.1) is 0 Å². The Morgan fingerprint density at radius 3 is 1.88 bits per heavy atom. The molecule has 0 spiro atoms. The third-order valence-electron chi connectivity index (χ3n) is 5.45. The van der Waals surface area contributed by atoms with E-state index in [1.807, 2.05) is 30.3 Å². The Morgan fingerprint density at radius 1 is 0.640 bits per heavy atom. The van der Waals surface area contributed by atoms with Crippen molar-refractivity contribution in [2.45, 2.75) is 12.2 Å². The zero-order valence-electron chi connectivity index (χ0n) is 13.2. The number of fused-ring (bicyclic) bond motifs is 9. The van der Waals surface area contributed by atoms with Gasteiger partial charge >= 0.3 is 0 Å². The largest absolute Gasteiger partial charge is 0.451 e. The zero-order valence-corrected chi connectivity index (χ0v) is 13.2. The van der Waals surface area contributed by atoms with Crippen LogP contribution in [0.1, 0.15) is 17.2 Å². The molecule has 1 heterocycles. The molecule has 120 valence electrons. The van der Waals surface area contributed by atoms with Crippen LogP contribution in [-0.2, 0) is 4.74 Å². The molecule has 0 saturated heterocycles. The summed E-state index contributed by atoms with van der Waals surface area (Å²) in [5.41, 5.74) is 1.66. The molecule has 0 aromatic heterocycles. The molecule has 4 aromatic rings. The van der Waals surface area contributed by atoms with E-state index in [4.69, 9.17) is 4.74 Å². The van der Waals surface area contributed by atoms with E-state index in [1.54, 1.807) is 0 Å². The van der Waals surface area contributed by atoms with Gasteiger partial charge in [0.1, 0.15) is 12.2 Å². The van der Waals surface area contributed by atoms with E-state index in [0.717, 1.165) is 33.0 Å². The van der Waals surface area contributed by atoms with Gasteiger partial charge in [0.05, 0.1) is 0 Å². The second-order valence-corrected chi connectivity index (χ2v) is 6.73. The van der Waals surface area contributed by atoms with Crippen LogP contribution >= 0.6 is 0 Å². The third kappa shape index (κ3) is 1.57. The van der Waals surface area contributed by atoms with Gasteiger partial charge in [-0.2, -0.15) is 0 Å². The summed E-state index contributed by atoms with van der Waals surface area (Å²) in [5, 5.41) is 27.6. The summed E-state index contributed by atoms with van der Waals surface area (Å²) in [7, 11) is 0. The molecular formula is C22H14O3. The van der Waals surface area contributed by atoms with Gasteiger partial charge in [-0.15, -0.1) is 0 Å². The zero-order chi connectivity index (χ0) is 16.7. The second kappa shape index (κ2) is 4.39. The lowest BCUT2D eigenvalue weighted by atomic mass is 9.85. The minimum atomic E-state index is -0.966. The number of aliphatic hydroxyl groups is 2. The highest BCUT2D eigenvalue weighted by molar-refractivity contribution is 6.27. The van der Waals surface area contributed by atoms with E-state index in [-0.39, 0.29) is 0 Å². The molecule has 3 heteroatoms. The predicted octanol–water partition coefficient (Wildman–Crippen LogP) is 4.25. The molecule has 2 atom stereocenters. The SMILES string of the molecule is O[C@@H]1C2=C(O2)c2c(ccc3c4ccccc4c4ccccc4c23)[C@H]1O. The molecule has 0 amide bonds. The van der Waals surface area contributed by atoms with Crippen molar-refractivity contribution in [3.8, 4) is 0 Å². The van der Waals surface area contributed by atoms with Crippen LogP contribution < -0.4 is 0 Å². The molecule has 2 N–H and O–H groups in total. The number of ether oxygens (including phenoxy) is 1. The van der Waals surface area contributed by atoms with Crippen LogP contribution in [0.4, 0.5) is 0 Å². The van der Waals surface area contributed by atoms with Gasteiger partial charge in [-0.1, -0.05) is 60.7 Å². The summed E-state index contributed by atoms with van der Waals surface area (Å²) >= 11 is 0. The van der Waals surface area contributed by atoms with Gasteiger partial charge in [0.25, 0.3) is 0 Å². The molecule has 1 aliphatic carbocycles. The van der Waals surface area contributed by atoms with E-state index in [2.05, 4.69) is 30.3 Å². The average Bonchev–Trinajstić information content (AvgIpc) is 3.46. The standard InChI is InChI=1S/C22H14O3/c23-19-16-10-9-15-13-7-2-1-5-11(13)12-6-3-4-8-14(12)17(15)18(16)21-22(25-21)20(19)24/h1-10,19-20,23-24H/t19-,20+/m1/s1. The fourth-order valence-electron chi connectivity index (χ4n) is 4.27. The first-order chi connectivity index (χ1) is 12.3. The van der Waals surface area contributed by atoms with Crippen molar-refractivity contribution in [3.05, 3.63) is 77.5 Å². The Bertz CT molecular complexity index is 1220. The number of aliphatic hydroxyl groups excluding tert-OH is 2. The molecule has 25 heavy (non-hydrogen) atoms. The molecule has 1 aliphatic heterocycles. The van der Waals surface area contributed by atoms with Gasteiger partial charge in [0.15, 0.2) is 11.5 Å². The quantitative estimate of drug-likeness (QED) is 0.475. The van der Waals surface area contributed by atoms with E-state index in [9.17, 15) is 10.2 Å². The van der Waals surface area contributed by atoms with Crippen molar-refractivity contribution in [3.63, 3.8) is 0 Å². The lowest BCUT2D eigenvalue weighted by Gasteiger charge is -2.21. The van der Waals surface area contributed by atoms with E-state index < -0.39 is 12.2 Å². The number of hydrogen-bond donors (Lipinski definition) is 2. The fourth-order valence-corrected chi connectivity index (χ4v) is 4.27. The Balaban J connectivity index is 1.92. The minimum absolute atomic E-state index is 0.504. The maximum absolute atomic E-state index is 10.5. The first-order valence-electron chi connectivity index (χ1n) is 8.40. The summed E-state index contributed by atoms with van der Waals surface area (Å²) < 4.78 is 5.58. The third-order valence-corrected chi connectivity index (χ3v) is 5.45. The van der Waals surface area contributed by atoms with Gasteiger partial charge in [0.2, 0.25) is 0 Å². The van der Waals surface area contributed by atoms with Crippen LogP contribution in [-0.4, -0.2) is 16.3 Å². The molecule has 6 rings (SSSR count). The second-order valence-electron chi connectivity index (χ2n) is 6.73. The summed E-state index contributed by atoms with van der Waals surface area (Å²) in [6.45, 7) is 0. The summed E-state index contributed by atoms with van der Waals surface area (Å²) in [5.74, 6) is 1.23. The monoisotopic (exact) mass is 326 g/mol. The molecule has 3 nitrogen and oxygen atoms in total. The van der Waals surface area contributed by atoms with Crippen molar-refractivity contribution in [2.24, 2.45) is 0 Å². The highest BCUT2D eigenvalue weighted by Crippen LogP contribution is 2.52. The van der Waals surface area contributed by atoms with Gasteiger partial charge in [-0.05, 0) is 32.5 Å². The van der Waals surface area contributed by atoms with Crippen LogP contribution in [0.25, 0.3) is 38.1 Å². The van der Waals surface area contributed by atoms with Crippen molar-refractivity contribution < 1.29 is 14.9 Å². The van der Waals surface area contributed by atoms with Crippen LogP contribution in [0.3, 0.4) is 0 Å². The normalized spacial score (nSPS) is 21.4. The van der Waals surface area contributed by atoms with Gasteiger partial charge in [-0.3, -0.25) is 0 Å². The van der Waals surface area contributed by atoms with Gasteiger partial charge in [0, 0.05) is 10.9 Å². The number of benzene rings is 4. The first-order valence-corrected chi connectivity index (χ1v) is 8.40. The maximum Gasteiger partial charge on any atom is 0.179 e. The number of hydrogen-bond acceptors (Lipinski definition) is 3. The molecule has 4 aromatic carbocycles. The Kier molecular flexibility index (Phi) is 2.36. The molecule has 0 saturated carbocycles. The van der Waals surface area contributed by atoms with Crippen molar-refractivity contribution in [1.29, 1.82) is 0 Å². The van der Waals surface area contributed by atoms with Gasteiger partial charge < -0.3 is 14.9 Å². The summed E-state index contributed by atoms with van der Waals surface area (Å²) in [6, 6.07) is 20.7. The van der Waals surface area contributed by atoms with Crippen LogP contribution in [0.2, 0.25) is 0 Å². The molecular weight excluding hydrogens is 312 g/mol. The molecule has 0 unspecified atom stereocenters. The lowest BCUT2D eigenvalue weighted by Crippen LogP contribution is -2.20. The van der Waals surface area contributed by atoms with Gasteiger partial charge in [-0.25, -0.2) is 0 Å². The average molecular weight is 326 g/mol. The topological polar surface area (TPSA) is 53.0 Å². The van der Waals surface area contributed by atoms with E-state index in [1.165, 1.54) is 16.2 Å². The van der Waals surface area contributed by atoms with Crippen molar-refractivity contribution >= 4 is 38.1 Å². The molecule has 0 fully saturated rings. The Labute approximate surface area is 143 Å². The lowest BCUT2D eigenvalue weighted by molar-refractivity contribution is 0.0325. The molecule has 0 radical (unpaired) electrons. The van der Waals surface area contributed by atoms with E-state index in [0.29, 0.717) is 5.76 Å². The van der Waals surface area contributed by atoms with Crippen molar-refractivity contribution in [2.75, 3.05) is 0 Å². The fraction of sp³-hybridized carbons (Fsp3) is 0.0909. The maximum atomic E-state index is 10.5. The van der Waals surface area contributed by atoms with Crippen molar-refractivity contribution in [1.82, 2.24) is 0 Å². The first kappa shape index (κ1) is 13.4. The highest BCUT2D eigenvalue weighted by atomic mass is 16.6. The van der Waals surface area contributed by atoms with E-state index >= 15 is 0 Å². The Hall–Kier alpha value is -2.88. The van der Waals surface area contributed by atoms with Crippen LogP contribution in [0.5, 0.6) is 0 Å². The summed E-state index contributed by atoms with van der Waals surface area (Å²) in [4.78, 5) is 0. The summed E-state index contributed by atoms with van der Waals surface area (Å²) in [6.07, 6.45) is -1.92. The molecule has 2 aliphatic rings. The number of rotatable bonds is 0. The predicted molar refractivity (Wildman–Crippen MR) is 97.9 cm³/mol. The smallest absolute Gasteiger partial charge is 0.179 e.